The summed E-state index contributed by atoms with van der Waals surface area (Å²) in [6, 6.07) is 0. The lowest BCUT2D eigenvalue weighted by atomic mass is 9.46. The Kier molecular flexibility index (Phi) is 3.54. The van der Waals surface area contributed by atoms with Gasteiger partial charge >= 0.3 is 0 Å². The monoisotopic (exact) mass is 224 g/mol. The van der Waals surface area contributed by atoms with E-state index < -0.39 is 0 Å². The van der Waals surface area contributed by atoms with Crippen LogP contribution in [-0.4, -0.2) is 0 Å². The Hall–Kier alpha value is 0. The summed E-state index contributed by atoms with van der Waals surface area (Å²) in [5.74, 6) is 1.78. The predicted octanol–water partition coefficient (Wildman–Crippen LogP) is 5.52. The summed E-state index contributed by atoms with van der Waals surface area (Å²) in [4.78, 5) is 0. The molecule has 0 heterocycles. The molecule has 0 saturated heterocycles. The van der Waals surface area contributed by atoms with Gasteiger partial charge in [-0.1, -0.05) is 55.4 Å². The minimum atomic E-state index is 0.411. The highest BCUT2D eigenvalue weighted by Gasteiger charge is 2.52. The van der Waals surface area contributed by atoms with E-state index in [2.05, 4.69) is 55.4 Å². The van der Waals surface area contributed by atoms with Crippen molar-refractivity contribution in [3.63, 3.8) is 0 Å². The van der Waals surface area contributed by atoms with Gasteiger partial charge in [0.2, 0.25) is 0 Å². The summed E-state index contributed by atoms with van der Waals surface area (Å²) < 4.78 is 0. The fourth-order valence-electron chi connectivity index (χ4n) is 4.48. The highest BCUT2D eigenvalue weighted by Crippen LogP contribution is 2.61. The second-order valence-corrected chi connectivity index (χ2v) is 8.44. The molecule has 1 aliphatic carbocycles. The first kappa shape index (κ1) is 14.1. The smallest absolute Gasteiger partial charge is 0.0195 e. The van der Waals surface area contributed by atoms with Crippen LogP contribution in [0.15, 0.2) is 0 Å². The van der Waals surface area contributed by atoms with E-state index in [1.807, 2.05) is 0 Å². The Morgan fingerprint density at radius 3 is 1.31 bits per heavy atom. The van der Waals surface area contributed by atoms with Crippen molar-refractivity contribution < 1.29 is 0 Å². The molecule has 0 radical (unpaired) electrons. The molecule has 0 spiro atoms. The lowest BCUT2D eigenvalue weighted by Crippen LogP contribution is -2.50. The molecule has 2 atom stereocenters. The van der Waals surface area contributed by atoms with Crippen LogP contribution in [0, 0.1) is 28.1 Å². The molecule has 2 unspecified atom stereocenters. The van der Waals surface area contributed by atoms with Gasteiger partial charge in [0.05, 0.1) is 0 Å². The van der Waals surface area contributed by atoms with E-state index >= 15 is 0 Å². The highest BCUT2D eigenvalue weighted by atomic mass is 14.6. The molecule has 0 aliphatic heterocycles. The zero-order valence-corrected chi connectivity index (χ0v) is 12.8. The first-order valence-corrected chi connectivity index (χ1v) is 6.99. The fraction of sp³-hybridized carbons (Fsp3) is 1.00. The van der Waals surface area contributed by atoms with Gasteiger partial charge in [0.15, 0.2) is 0 Å². The van der Waals surface area contributed by atoms with Gasteiger partial charge in [-0.2, -0.15) is 0 Å². The van der Waals surface area contributed by atoms with Crippen LogP contribution in [0.5, 0.6) is 0 Å². The SMILES string of the molecule is CC1CC(C)CC(C(C)(C)C)(C(C)(C)C)C1. The molecule has 1 aliphatic rings. The number of rotatable bonds is 0. The van der Waals surface area contributed by atoms with Crippen molar-refractivity contribution in [2.45, 2.75) is 74.7 Å². The topological polar surface area (TPSA) is 0 Å². The van der Waals surface area contributed by atoms with E-state index in [0.717, 1.165) is 11.8 Å². The maximum atomic E-state index is 2.45. The molecular weight excluding hydrogens is 192 g/mol. The third-order valence-electron chi connectivity index (χ3n) is 5.07. The van der Waals surface area contributed by atoms with E-state index in [-0.39, 0.29) is 0 Å². The maximum absolute atomic E-state index is 2.45. The molecule has 1 rings (SSSR count). The minimum Gasteiger partial charge on any atom is -0.0625 e. The van der Waals surface area contributed by atoms with Crippen LogP contribution < -0.4 is 0 Å². The van der Waals surface area contributed by atoms with Crippen molar-refractivity contribution >= 4 is 0 Å². The molecule has 0 aromatic carbocycles. The van der Waals surface area contributed by atoms with Crippen molar-refractivity contribution in [3.8, 4) is 0 Å². The van der Waals surface area contributed by atoms with Crippen LogP contribution in [0.2, 0.25) is 0 Å². The largest absolute Gasteiger partial charge is 0.0625 e. The molecular formula is C16H32. The molecule has 0 bridgehead atoms. The van der Waals surface area contributed by atoms with Crippen molar-refractivity contribution in [2.24, 2.45) is 28.1 Å². The van der Waals surface area contributed by atoms with Crippen LogP contribution in [0.25, 0.3) is 0 Å². The summed E-state index contributed by atoms with van der Waals surface area (Å²) in [7, 11) is 0. The van der Waals surface area contributed by atoms with Crippen molar-refractivity contribution in [1.82, 2.24) is 0 Å². The maximum Gasteiger partial charge on any atom is -0.0195 e. The summed E-state index contributed by atoms with van der Waals surface area (Å²) in [6.45, 7) is 19.6. The summed E-state index contributed by atoms with van der Waals surface area (Å²) in [6.07, 6.45) is 4.24. The Labute approximate surface area is 103 Å². The standard InChI is InChI=1S/C16H32/c1-12-9-13(2)11-16(10-12,14(3,4)5)15(6,7)8/h12-13H,9-11H2,1-8H3. The Morgan fingerprint density at radius 2 is 1.06 bits per heavy atom. The average Bonchev–Trinajstić information content (AvgIpc) is 1.97. The summed E-state index contributed by atoms with van der Waals surface area (Å²) in [5, 5.41) is 0. The molecule has 96 valence electrons. The lowest BCUT2D eigenvalue weighted by Gasteiger charge is -2.59. The van der Waals surface area contributed by atoms with Crippen molar-refractivity contribution in [3.05, 3.63) is 0 Å². The molecule has 0 amide bonds. The van der Waals surface area contributed by atoms with Crippen LogP contribution in [-0.2, 0) is 0 Å². The number of hydrogen-bond donors (Lipinski definition) is 0. The Bertz CT molecular complexity index is 210. The van der Waals surface area contributed by atoms with Crippen molar-refractivity contribution in [1.29, 1.82) is 0 Å². The van der Waals surface area contributed by atoms with Gasteiger partial charge in [-0.25, -0.2) is 0 Å². The van der Waals surface area contributed by atoms with Gasteiger partial charge in [0.25, 0.3) is 0 Å². The molecule has 0 aromatic rings. The molecule has 1 fully saturated rings. The van der Waals surface area contributed by atoms with E-state index in [1.165, 1.54) is 19.3 Å². The van der Waals surface area contributed by atoms with Gasteiger partial charge in [-0.3, -0.25) is 0 Å². The van der Waals surface area contributed by atoms with E-state index in [1.54, 1.807) is 0 Å². The van der Waals surface area contributed by atoms with Crippen LogP contribution >= 0.6 is 0 Å². The van der Waals surface area contributed by atoms with E-state index in [9.17, 15) is 0 Å². The van der Waals surface area contributed by atoms with Crippen LogP contribution in [0.1, 0.15) is 74.7 Å². The molecule has 0 heteroatoms. The summed E-state index contributed by atoms with van der Waals surface area (Å²) >= 11 is 0. The third-order valence-corrected chi connectivity index (χ3v) is 5.07. The van der Waals surface area contributed by atoms with Gasteiger partial charge in [0, 0.05) is 0 Å². The van der Waals surface area contributed by atoms with Gasteiger partial charge < -0.3 is 0 Å². The Morgan fingerprint density at radius 1 is 0.750 bits per heavy atom. The molecule has 0 aromatic heterocycles. The summed E-state index contributed by atoms with van der Waals surface area (Å²) in [5.41, 5.74) is 1.32. The van der Waals surface area contributed by atoms with Crippen molar-refractivity contribution in [2.75, 3.05) is 0 Å². The third kappa shape index (κ3) is 2.31. The lowest BCUT2D eigenvalue weighted by molar-refractivity contribution is -0.0929. The molecule has 16 heavy (non-hydrogen) atoms. The zero-order chi connectivity index (χ0) is 12.8. The van der Waals surface area contributed by atoms with Gasteiger partial charge in [-0.15, -0.1) is 0 Å². The van der Waals surface area contributed by atoms with E-state index in [0.29, 0.717) is 16.2 Å². The number of hydrogen-bond acceptors (Lipinski definition) is 0. The van der Waals surface area contributed by atoms with Crippen LogP contribution in [0.3, 0.4) is 0 Å². The molecule has 1 saturated carbocycles. The van der Waals surface area contributed by atoms with E-state index in [4.69, 9.17) is 0 Å². The van der Waals surface area contributed by atoms with Gasteiger partial charge in [-0.05, 0) is 47.3 Å². The van der Waals surface area contributed by atoms with Crippen LogP contribution in [0.4, 0.5) is 0 Å². The normalized spacial score (nSPS) is 31.5. The van der Waals surface area contributed by atoms with Gasteiger partial charge in [0.1, 0.15) is 0 Å². The first-order valence-electron chi connectivity index (χ1n) is 6.99. The second kappa shape index (κ2) is 4.03. The second-order valence-electron chi connectivity index (χ2n) is 8.44. The molecule has 0 nitrogen and oxygen atoms in total. The average molecular weight is 224 g/mol. The highest BCUT2D eigenvalue weighted by molar-refractivity contribution is 5.02. The first-order chi connectivity index (χ1) is 6.99. The fourth-order valence-corrected chi connectivity index (χ4v) is 4.48. The Balaban J connectivity index is 3.15. The minimum absolute atomic E-state index is 0.411. The molecule has 0 N–H and O–H groups in total. The quantitative estimate of drug-likeness (QED) is 0.508. The predicted molar refractivity (Wildman–Crippen MR) is 73.5 cm³/mol. The zero-order valence-electron chi connectivity index (χ0n) is 12.8.